The zero-order valence-corrected chi connectivity index (χ0v) is 19.9. The minimum atomic E-state index is 0. The second-order valence-corrected chi connectivity index (χ2v) is 8.61. The van der Waals surface area contributed by atoms with Crippen molar-refractivity contribution in [2.45, 2.75) is 17.2 Å². The lowest BCUT2D eigenvalue weighted by Crippen LogP contribution is -2.42. The molecule has 4 nitrogen and oxygen atoms in total. The molecule has 0 aliphatic carbocycles. The van der Waals surface area contributed by atoms with Crippen LogP contribution >= 0.6 is 35.7 Å². The van der Waals surface area contributed by atoms with Gasteiger partial charge < -0.3 is 19.9 Å². The summed E-state index contributed by atoms with van der Waals surface area (Å²) in [6, 6.07) is 15.2. The van der Waals surface area contributed by atoms with E-state index in [9.17, 15) is 0 Å². The number of benzene rings is 2. The Bertz CT molecular complexity index is 968. The number of thioether (sulfide) groups is 1. The molecule has 0 amide bonds. The second-order valence-electron chi connectivity index (χ2n) is 7.43. The smallest absolute Gasteiger partial charge is 0.109 e. The molecule has 29 heavy (non-hydrogen) atoms. The molecular weight excluding hydrogens is 493 g/mol. The molecule has 0 bridgehead atoms. The number of hydrogen-bond donors (Lipinski definition) is 1. The number of hydrogen-bond acceptors (Lipinski definition) is 5. The number of fused-ring (bicyclic) bond motifs is 2. The van der Waals surface area contributed by atoms with Crippen LogP contribution in [0, 0.1) is 6.92 Å². The van der Waals surface area contributed by atoms with Crippen LogP contribution in [-0.2, 0) is 4.74 Å². The number of morpholine rings is 1. The largest absolute Gasteiger partial charge is 0.378 e. The first-order valence-electron chi connectivity index (χ1n) is 9.83. The van der Waals surface area contributed by atoms with Crippen LogP contribution < -0.4 is 10.2 Å². The van der Waals surface area contributed by atoms with E-state index in [4.69, 9.17) is 4.74 Å². The van der Waals surface area contributed by atoms with Gasteiger partial charge in [0, 0.05) is 36.3 Å². The normalized spacial score (nSPS) is 21.8. The van der Waals surface area contributed by atoms with Crippen molar-refractivity contribution in [2.24, 2.45) is 0 Å². The highest BCUT2D eigenvalue weighted by molar-refractivity contribution is 14.0. The van der Waals surface area contributed by atoms with Crippen molar-refractivity contribution in [2.75, 3.05) is 43.6 Å². The average Bonchev–Trinajstić information content (AvgIpc) is 3.15. The quantitative estimate of drug-likeness (QED) is 0.554. The minimum Gasteiger partial charge on any atom is -0.378 e. The Kier molecular flexibility index (Phi) is 6.13. The Morgan fingerprint density at radius 2 is 1.90 bits per heavy atom. The molecule has 1 N–H and O–H groups in total. The van der Waals surface area contributed by atoms with Crippen molar-refractivity contribution < 1.29 is 4.74 Å². The van der Waals surface area contributed by atoms with Gasteiger partial charge in [-0.3, -0.25) is 0 Å². The third kappa shape index (κ3) is 3.90. The maximum Gasteiger partial charge on any atom is 0.109 e. The zero-order chi connectivity index (χ0) is 19.1. The van der Waals surface area contributed by atoms with Gasteiger partial charge in [0.25, 0.3) is 0 Å². The molecule has 2 aromatic carbocycles. The summed E-state index contributed by atoms with van der Waals surface area (Å²) >= 11 is 1.89. The average molecular weight is 519 g/mol. The topological polar surface area (TPSA) is 27.7 Å². The highest BCUT2D eigenvalue weighted by atomic mass is 127. The van der Waals surface area contributed by atoms with Gasteiger partial charge in [-0.15, -0.1) is 24.0 Å². The summed E-state index contributed by atoms with van der Waals surface area (Å²) in [4.78, 5) is 6.08. The summed E-state index contributed by atoms with van der Waals surface area (Å²) in [5, 5.41) is 3.94. The molecule has 0 saturated carbocycles. The van der Waals surface area contributed by atoms with Gasteiger partial charge in [-0.25, -0.2) is 0 Å². The summed E-state index contributed by atoms with van der Waals surface area (Å²) < 4.78 is 5.56. The standard InChI is InChI=1S/C23H25N3OS.HI/c1-16-6-5-9-20-23(16)24-21(28-20)14-17-15-22(26-10-12-27-13-11-26)25(2)19-8-4-3-7-18(17)19;/h3-9,14-15,21,24H,10-13H2,1-2H3;1H. The Morgan fingerprint density at radius 3 is 2.69 bits per heavy atom. The number of nitrogens with one attached hydrogen (secondary N) is 1. The number of aryl methyl sites for hydroxylation is 1. The number of allylic oxidation sites excluding steroid dienone is 2. The Labute approximate surface area is 194 Å². The third-order valence-electron chi connectivity index (χ3n) is 5.65. The van der Waals surface area contributed by atoms with Crippen molar-refractivity contribution in [3.05, 3.63) is 71.6 Å². The first-order valence-corrected chi connectivity index (χ1v) is 10.7. The number of anilines is 2. The predicted octanol–water partition coefficient (Wildman–Crippen LogP) is 5.16. The molecule has 1 unspecified atom stereocenters. The number of halogens is 1. The highest BCUT2D eigenvalue weighted by Crippen LogP contribution is 2.43. The van der Waals surface area contributed by atoms with Crippen LogP contribution in [0.25, 0.3) is 5.57 Å². The van der Waals surface area contributed by atoms with Gasteiger partial charge in [0.15, 0.2) is 0 Å². The molecule has 2 aromatic rings. The molecule has 6 heteroatoms. The minimum absolute atomic E-state index is 0. The maximum absolute atomic E-state index is 5.56. The third-order valence-corrected chi connectivity index (χ3v) is 6.75. The summed E-state index contributed by atoms with van der Waals surface area (Å²) in [5.74, 6) is 1.25. The molecule has 3 aliphatic heterocycles. The van der Waals surface area contributed by atoms with E-state index < -0.39 is 0 Å². The number of para-hydroxylation sites is 2. The molecule has 1 atom stereocenters. The molecule has 1 saturated heterocycles. The van der Waals surface area contributed by atoms with E-state index in [0.717, 1.165) is 26.3 Å². The first kappa shape index (κ1) is 20.6. The molecule has 0 spiro atoms. The lowest BCUT2D eigenvalue weighted by molar-refractivity contribution is 0.0526. The summed E-state index contributed by atoms with van der Waals surface area (Å²) in [6.45, 7) is 5.63. The lowest BCUT2D eigenvalue weighted by Gasteiger charge is -2.39. The molecule has 0 radical (unpaired) electrons. The lowest BCUT2D eigenvalue weighted by atomic mass is 9.98. The number of rotatable bonds is 2. The first-order chi connectivity index (χ1) is 13.7. The molecule has 1 fully saturated rings. The zero-order valence-electron chi connectivity index (χ0n) is 16.7. The Morgan fingerprint density at radius 1 is 1.10 bits per heavy atom. The van der Waals surface area contributed by atoms with Gasteiger partial charge in [-0.2, -0.15) is 0 Å². The molecule has 3 heterocycles. The van der Waals surface area contributed by atoms with Crippen LogP contribution in [0.15, 0.2) is 65.3 Å². The van der Waals surface area contributed by atoms with Crippen molar-refractivity contribution in [1.82, 2.24) is 4.90 Å². The van der Waals surface area contributed by atoms with Gasteiger partial charge in [-0.1, -0.05) is 42.1 Å². The van der Waals surface area contributed by atoms with Crippen molar-refractivity contribution >= 4 is 52.7 Å². The van der Waals surface area contributed by atoms with E-state index in [-0.39, 0.29) is 29.4 Å². The number of ether oxygens (including phenoxy) is 1. The molecule has 5 rings (SSSR count). The van der Waals surface area contributed by atoms with Crippen LogP contribution in [0.3, 0.4) is 0 Å². The van der Waals surface area contributed by atoms with Crippen molar-refractivity contribution in [3.63, 3.8) is 0 Å². The van der Waals surface area contributed by atoms with Crippen molar-refractivity contribution in [3.8, 4) is 0 Å². The van der Waals surface area contributed by atoms with Gasteiger partial charge in [0.2, 0.25) is 0 Å². The monoisotopic (exact) mass is 519 g/mol. The molecule has 0 aromatic heterocycles. The van der Waals surface area contributed by atoms with E-state index in [2.05, 4.69) is 83.7 Å². The van der Waals surface area contributed by atoms with E-state index in [1.54, 1.807) is 0 Å². The fourth-order valence-corrected chi connectivity index (χ4v) is 5.31. The van der Waals surface area contributed by atoms with Crippen LogP contribution in [0.4, 0.5) is 11.4 Å². The number of nitrogens with zero attached hydrogens (tertiary/aromatic N) is 2. The van der Waals surface area contributed by atoms with Crippen LogP contribution in [-0.4, -0.2) is 43.6 Å². The molecule has 3 aliphatic rings. The fraction of sp³-hybridized carbons (Fsp3) is 0.304. The van der Waals surface area contributed by atoms with E-state index in [1.807, 2.05) is 11.8 Å². The van der Waals surface area contributed by atoms with Gasteiger partial charge >= 0.3 is 0 Å². The van der Waals surface area contributed by atoms with Gasteiger partial charge in [0.1, 0.15) is 5.82 Å². The maximum atomic E-state index is 5.56. The Hall–Kier alpha value is -1.64. The molecular formula is C23H26IN3OS. The Balaban J connectivity index is 0.00000205. The van der Waals surface area contributed by atoms with Crippen molar-refractivity contribution in [1.29, 1.82) is 0 Å². The van der Waals surface area contributed by atoms with Gasteiger partial charge in [-0.05, 0) is 42.3 Å². The van der Waals surface area contributed by atoms with Gasteiger partial charge in [0.05, 0.1) is 24.3 Å². The fourth-order valence-electron chi connectivity index (χ4n) is 4.15. The van der Waals surface area contributed by atoms with E-state index in [0.29, 0.717) is 0 Å². The molecule has 152 valence electrons. The summed E-state index contributed by atoms with van der Waals surface area (Å²) in [5.41, 5.74) is 6.41. The highest BCUT2D eigenvalue weighted by Gasteiger charge is 2.27. The summed E-state index contributed by atoms with van der Waals surface area (Å²) in [7, 11) is 2.17. The SMILES string of the molecule is Cc1cccc2c1NC(C=C1C=C(N3CCOCC3)N(C)c3ccccc31)S2.I. The van der Waals surface area contributed by atoms with Crippen LogP contribution in [0.5, 0.6) is 0 Å². The van der Waals surface area contributed by atoms with E-state index in [1.165, 1.54) is 38.8 Å². The van der Waals surface area contributed by atoms with E-state index >= 15 is 0 Å². The summed E-state index contributed by atoms with van der Waals surface area (Å²) in [6.07, 6.45) is 4.71. The second kappa shape index (κ2) is 8.62. The van der Waals surface area contributed by atoms with Crippen LogP contribution in [0.1, 0.15) is 11.1 Å². The van der Waals surface area contributed by atoms with Crippen LogP contribution in [0.2, 0.25) is 0 Å². The predicted molar refractivity (Wildman–Crippen MR) is 133 cm³/mol.